The van der Waals surface area contributed by atoms with Crippen LogP contribution in [0, 0.1) is 0 Å². The second kappa shape index (κ2) is 37.6. The topological polar surface area (TPSA) is 233 Å². The van der Waals surface area contributed by atoms with Crippen molar-refractivity contribution in [1.29, 1.82) is 0 Å². The Morgan fingerprint density at radius 3 is 1.18 bits per heavy atom. The minimum absolute atomic E-state index is 0.00116. The van der Waals surface area contributed by atoms with Gasteiger partial charge in [-0.2, -0.15) is 10.4 Å². The number of aromatic nitrogens is 9. The maximum Gasteiger partial charge on any atom is 0.361 e. The van der Waals surface area contributed by atoms with Crippen LogP contribution in [0.15, 0.2) is 112 Å². The first kappa shape index (κ1) is 76.2. The number of aliphatic hydroxyl groups is 1. The molecule has 28 heteroatoms. The summed E-state index contributed by atoms with van der Waals surface area (Å²) in [6, 6.07) is 30.8. The number of carboxylic acid groups (broad SMARTS) is 1. The normalized spacial score (nSPS) is 20.7. The Morgan fingerprint density at radius 2 is 0.814 bits per heavy atom. The van der Waals surface area contributed by atoms with Crippen molar-refractivity contribution in [2.24, 2.45) is 0 Å². The van der Waals surface area contributed by atoms with Gasteiger partial charge < -0.3 is 24.4 Å². The maximum atomic E-state index is 12.6. The number of H-pyrrole nitrogens is 2. The molecule has 3 heterocycles. The standard InChI is InChI=1S/C25H27Cl2N3O3S.C17H19Cl2N3O2S.C15H15Cl2N3O2S.C12H14Cl2O/c1-3-33-25(31)23-24(30(29-28-23)15-16-4-8-21(32-2)9-5-16)34-22-10-6-17(7-11-22)18-12-19(26)14-20(27)13-18;1-2-24-17(23)15-16(21-22-20-15)25-14-5-3-10(4-6-14)11-7-12(18)9-13(19)8-11;16-10-5-9(6-11(17)7-10)8-1-3-12(4-2-8)23-14-13(15(21)22)18-20-19-14;13-10-5-9(6-11(14)7-10)8-1-3-12(15)4-2-8/h4-5,8-9,12-14,17,22H,3,6-7,10-11,15H2,1-2H3;7-10,14H,2-6H2,1H3,(H,20,21,22);5-8,12H,1-4H2,(H,21,22)(H,18,19,20);5-8,12,15H,1-4H2. The summed E-state index contributed by atoms with van der Waals surface area (Å²) in [5.41, 5.74) is 6.38. The number of thioether (sulfide) groups is 3. The molecule has 5 aromatic carbocycles. The van der Waals surface area contributed by atoms with Gasteiger partial charge in [-0.15, -0.1) is 37.3 Å². The molecule has 4 fully saturated rings. The Kier molecular flexibility index (Phi) is 29.6. The van der Waals surface area contributed by atoms with E-state index in [0.29, 0.717) is 109 Å². The first-order valence-electron chi connectivity index (χ1n) is 32.2. The third-order valence-electron chi connectivity index (χ3n) is 17.3. The number of halogens is 8. The molecule has 0 bridgehead atoms. The molecule has 0 spiro atoms. The average Bonchev–Trinajstić information content (AvgIpc) is 1.75. The number of aromatic carboxylic acids is 1. The van der Waals surface area contributed by atoms with Gasteiger partial charge in [-0.3, -0.25) is 0 Å². The van der Waals surface area contributed by atoms with Gasteiger partial charge in [-0.25, -0.2) is 19.1 Å². The molecule has 0 radical (unpaired) electrons. The third kappa shape index (κ3) is 22.8. The highest BCUT2D eigenvalue weighted by Crippen LogP contribution is 2.45. The van der Waals surface area contributed by atoms with Gasteiger partial charge >= 0.3 is 17.9 Å². The highest BCUT2D eigenvalue weighted by molar-refractivity contribution is 8.00. The predicted octanol–water partition coefficient (Wildman–Crippen LogP) is 20.4. The molecule has 97 heavy (non-hydrogen) atoms. The number of aliphatic hydroxyl groups excluding tert-OH is 1. The van der Waals surface area contributed by atoms with Gasteiger partial charge in [0.1, 0.15) is 10.8 Å². The van der Waals surface area contributed by atoms with Gasteiger partial charge in [0.15, 0.2) is 10.1 Å². The number of ether oxygens (including phenoxy) is 3. The summed E-state index contributed by atoms with van der Waals surface area (Å²) in [4.78, 5) is 35.5. The summed E-state index contributed by atoms with van der Waals surface area (Å²) in [5.74, 6) is 0.721. The Morgan fingerprint density at radius 1 is 0.474 bits per heavy atom. The number of benzene rings is 5. The number of nitrogens with one attached hydrogen (secondary N) is 2. The number of nitrogens with zero attached hydrogens (tertiary/aromatic N) is 7. The quantitative estimate of drug-likeness (QED) is 0.0585. The van der Waals surface area contributed by atoms with Crippen molar-refractivity contribution in [2.45, 2.75) is 184 Å². The number of carbonyl (C=O) groups excluding carboxylic acids is 2. The van der Waals surface area contributed by atoms with Crippen LogP contribution in [0.3, 0.4) is 0 Å². The summed E-state index contributed by atoms with van der Waals surface area (Å²) in [7, 11) is 1.64. The van der Waals surface area contributed by atoms with Gasteiger partial charge in [-0.05, 0) is 253 Å². The zero-order valence-electron chi connectivity index (χ0n) is 53.5. The molecule has 17 nitrogen and oxygen atoms in total. The molecule has 8 aromatic rings. The molecule has 518 valence electrons. The van der Waals surface area contributed by atoms with E-state index < -0.39 is 17.9 Å². The molecule has 4 aliphatic carbocycles. The van der Waals surface area contributed by atoms with E-state index in [0.717, 1.165) is 119 Å². The Labute approximate surface area is 617 Å². The zero-order chi connectivity index (χ0) is 69.1. The van der Waals surface area contributed by atoms with Gasteiger partial charge in [0.05, 0.1) is 33.0 Å². The van der Waals surface area contributed by atoms with E-state index in [1.54, 1.807) is 73.4 Å². The lowest BCUT2D eigenvalue weighted by Gasteiger charge is -2.28. The number of hydrogen-bond acceptors (Lipinski definition) is 16. The summed E-state index contributed by atoms with van der Waals surface area (Å²) in [6.45, 7) is 4.68. The van der Waals surface area contributed by atoms with Gasteiger partial charge in [0, 0.05) is 55.9 Å². The molecule has 0 saturated heterocycles. The van der Waals surface area contributed by atoms with Crippen molar-refractivity contribution in [3.63, 3.8) is 0 Å². The van der Waals surface area contributed by atoms with Gasteiger partial charge in [-0.1, -0.05) is 134 Å². The number of carbonyl (C=O) groups is 3. The molecule has 0 aliphatic heterocycles. The summed E-state index contributed by atoms with van der Waals surface area (Å²) in [5, 5.41) is 55.9. The lowest BCUT2D eigenvalue weighted by Crippen LogP contribution is -2.17. The summed E-state index contributed by atoms with van der Waals surface area (Å²) in [6.07, 6.45) is 16.0. The molecule has 0 atom stereocenters. The molecular weight excluding hydrogens is 1460 g/mol. The number of carboxylic acids is 1. The molecule has 4 aliphatic rings. The number of methoxy groups -OCH3 is 1. The van der Waals surface area contributed by atoms with Gasteiger partial charge in [0.2, 0.25) is 17.1 Å². The fraction of sp³-hybridized carbons (Fsp3) is 0.435. The van der Waals surface area contributed by atoms with E-state index >= 15 is 0 Å². The minimum atomic E-state index is -1.05. The lowest BCUT2D eigenvalue weighted by atomic mass is 9.83. The van der Waals surface area contributed by atoms with Gasteiger partial charge in [0.25, 0.3) is 0 Å². The first-order valence-corrected chi connectivity index (χ1v) is 37.8. The predicted molar refractivity (Wildman–Crippen MR) is 389 cm³/mol. The molecule has 0 unspecified atom stereocenters. The lowest BCUT2D eigenvalue weighted by molar-refractivity contribution is 0.0505. The maximum absolute atomic E-state index is 12.6. The number of hydrogen-bond donors (Lipinski definition) is 4. The van der Waals surface area contributed by atoms with Crippen molar-refractivity contribution in [2.75, 3.05) is 20.3 Å². The van der Waals surface area contributed by atoms with Crippen molar-refractivity contribution in [3.8, 4) is 5.75 Å². The zero-order valence-corrected chi connectivity index (χ0v) is 62.0. The van der Waals surface area contributed by atoms with Crippen LogP contribution in [0.2, 0.25) is 40.2 Å². The van der Waals surface area contributed by atoms with Crippen LogP contribution in [-0.4, -0.2) is 116 Å². The van der Waals surface area contributed by atoms with Crippen LogP contribution in [0.25, 0.3) is 0 Å². The fourth-order valence-electron chi connectivity index (χ4n) is 12.5. The van der Waals surface area contributed by atoms with Crippen LogP contribution >= 0.6 is 128 Å². The highest BCUT2D eigenvalue weighted by Gasteiger charge is 2.32. The molecule has 4 N–H and O–H groups in total. The SMILES string of the molecule is CCOC(=O)c1n[nH]nc1SC1CCC(c2cc(Cl)cc(Cl)c2)CC1.CCOC(=O)c1nnn(Cc2ccc(OC)cc2)c1SC1CCC(c2cc(Cl)cc(Cl)c2)CC1.O=C(O)c1n[nH]nc1SC1CCC(c2cc(Cl)cc(Cl)c2)CC1.OC1CCC(c2cc(Cl)cc(Cl)c2)CC1. The van der Waals surface area contributed by atoms with E-state index in [2.05, 4.69) is 41.1 Å². The average molecular weight is 1540 g/mol. The van der Waals surface area contributed by atoms with Crippen LogP contribution in [-0.2, 0) is 16.0 Å². The first-order chi connectivity index (χ1) is 46.7. The largest absolute Gasteiger partial charge is 0.497 e. The second-order valence-electron chi connectivity index (χ2n) is 24.0. The van der Waals surface area contributed by atoms with Crippen molar-refractivity contribution in [3.05, 3.63) is 182 Å². The summed E-state index contributed by atoms with van der Waals surface area (Å²) < 4.78 is 17.3. The number of rotatable bonds is 18. The smallest absolute Gasteiger partial charge is 0.361 e. The van der Waals surface area contributed by atoms with E-state index in [1.807, 2.05) is 72.8 Å². The highest BCUT2D eigenvalue weighted by atomic mass is 35.5. The number of esters is 2. The molecular formula is C69H75Cl8N9O8S3. The Bertz CT molecular complexity index is 3810. The molecule has 3 aromatic heterocycles. The Balaban J connectivity index is 0.000000157. The number of aromatic amines is 2. The van der Waals surface area contributed by atoms with Crippen molar-refractivity contribution in [1.82, 2.24) is 45.8 Å². The van der Waals surface area contributed by atoms with E-state index in [1.165, 1.54) is 34.0 Å². The molecule has 0 amide bonds. The van der Waals surface area contributed by atoms with E-state index in [9.17, 15) is 19.5 Å². The minimum Gasteiger partial charge on any atom is -0.497 e. The molecule has 12 rings (SSSR count). The van der Waals surface area contributed by atoms with Crippen LogP contribution < -0.4 is 4.74 Å². The third-order valence-corrected chi connectivity index (χ3v) is 23.1. The van der Waals surface area contributed by atoms with E-state index in [4.69, 9.17) is 112 Å². The molecule has 4 saturated carbocycles. The van der Waals surface area contributed by atoms with Crippen molar-refractivity contribution < 1.29 is 38.8 Å². The van der Waals surface area contributed by atoms with Crippen LogP contribution in [0.5, 0.6) is 5.75 Å². The van der Waals surface area contributed by atoms with Crippen LogP contribution in [0.4, 0.5) is 0 Å². The fourth-order valence-corrected chi connectivity index (χ4v) is 18.3. The van der Waals surface area contributed by atoms with E-state index in [-0.39, 0.29) is 23.2 Å². The summed E-state index contributed by atoms with van der Waals surface area (Å²) >= 11 is 53.5. The Hall–Kier alpha value is -4.94. The monoisotopic (exact) mass is 1530 g/mol. The van der Waals surface area contributed by atoms with Crippen molar-refractivity contribution >= 4 is 146 Å². The van der Waals surface area contributed by atoms with Crippen LogP contribution in [0.1, 0.15) is 200 Å². The second-order valence-corrected chi connectivity index (χ2v) is 31.4.